The number of aryl methyl sites for hydroxylation is 1. The molecule has 8 heteroatoms. The minimum atomic E-state index is -0.537. The van der Waals surface area contributed by atoms with Crippen molar-refractivity contribution in [3.63, 3.8) is 0 Å². The van der Waals surface area contributed by atoms with Gasteiger partial charge < -0.3 is 4.90 Å². The van der Waals surface area contributed by atoms with Crippen LogP contribution in [0.4, 0.5) is 10.3 Å². The third kappa shape index (κ3) is 5.73. The van der Waals surface area contributed by atoms with Gasteiger partial charge in [-0.3, -0.25) is 19.5 Å². The molecule has 5 rings (SSSR count). The summed E-state index contributed by atoms with van der Waals surface area (Å²) in [5.41, 5.74) is 3.48. The first-order chi connectivity index (χ1) is 17.9. The molecule has 0 saturated heterocycles. The number of carbonyl (C=O) groups excluding carboxylic acids is 2. The minimum Gasteiger partial charge on any atom is -0.329 e. The highest BCUT2D eigenvalue weighted by Crippen LogP contribution is 2.31. The molecule has 0 atom stereocenters. The van der Waals surface area contributed by atoms with Crippen molar-refractivity contribution in [2.24, 2.45) is 5.92 Å². The summed E-state index contributed by atoms with van der Waals surface area (Å²) in [5, 5.41) is 2.82. The average molecular weight is 517 g/mol. The topological polar surface area (TPSA) is 67.2 Å². The highest BCUT2D eigenvalue weighted by molar-refractivity contribution is 6.30. The number of rotatable bonds is 8. The molecular weight excluding hydrogens is 491 g/mol. The second kappa shape index (κ2) is 10.6. The lowest BCUT2D eigenvalue weighted by Crippen LogP contribution is -2.40. The van der Waals surface area contributed by atoms with Crippen LogP contribution in [0.1, 0.15) is 28.8 Å². The van der Waals surface area contributed by atoms with Gasteiger partial charge in [-0.25, -0.2) is 9.37 Å². The number of halogens is 2. The molecule has 1 aliphatic rings. The molecule has 6 nitrogen and oxygen atoms in total. The van der Waals surface area contributed by atoms with Crippen molar-refractivity contribution < 1.29 is 14.0 Å². The van der Waals surface area contributed by atoms with Gasteiger partial charge in [-0.2, -0.15) is 0 Å². The Bertz CT molecular complexity index is 1450. The van der Waals surface area contributed by atoms with Crippen LogP contribution in [-0.2, 0) is 4.79 Å². The lowest BCUT2D eigenvalue weighted by atomic mass is 10.1. The molecule has 1 N–H and O–H groups in total. The van der Waals surface area contributed by atoms with Crippen molar-refractivity contribution in [2.75, 3.05) is 18.4 Å². The number of imidazole rings is 1. The molecule has 0 aliphatic heterocycles. The first kappa shape index (κ1) is 24.7. The molecule has 37 heavy (non-hydrogen) atoms. The zero-order chi connectivity index (χ0) is 25.9. The molecule has 0 spiro atoms. The molecule has 1 aliphatic carbocycles. The standard InChI is InChI=1S/C29H26ClFN4O2/c1-19-7-5-6-10-23(19)28(37)34(16-20-11-12-20)18-27(36)33-29-32-26(21-8-3-2-4-9-21)17-35(29)22-13-14-25(31)24(30)15-22/h2-10,13-15,17,20H,11-12,16,18H2,1H3,(H,32,33,36). The minimum absolute atomic E-state index is 0.0378. The summed E-state index contributed by atoms with van der Waals surface area (Å²) in [6.45, 7) is 2.30. The summed E-state index contributed by atoms with van der Waals surface area (Å²) >= 11 is 6.03. The maximum atomic E-state index is 13.8. The van der Waals surface area contributed by atoms with Gasteiger partial charge in [0.05, 0.1) is 16.4 Å². The Kier molecular flexibility index (Phi) is 7.06. The molecule has 1 saturated carbocycles. The van der Waals surface area contributed by atoms with Crippen molar-refractivity contribution >= 4 is 29.4 Å². The first-order valence-electron chi connectivity index (χ1n) is 12.1. The number of nitrogens with zero attached hydrogens (tertiary/aromatic N) is 3. The van der Waals surface area contributed by atoms with E-state index in [1.807, 2.05) is 55.5 Å². The van der Waals surface area contributed by atoms with Gasteiger partial charge in [-0.05, 0) is 55.5 Å². The predicted octanol–water partition coefficient (Wildman–Crippen LogP) is 6.13. The van der Waals surface area contributed by atoms with E-state index in [9.17, 15) is 14.0 Å². The van der Waals surface area contributed by atoms with Gasteiger partial charge in [0.1, 0.15) is 12.4 Å². The number of nitrogens with one attached hydrogen (secondary N) is 1. The molecule has 0 unspecified atom stereocenters. The van der Waals surface area contributed by atoms with Crippen LogP contribution in [0.5, 0.6) is 0 Å². The van der Waals surface area contributed by atoms with E-state index in [1.54, 1.807) is 27.8 Å². The van der Waals surface area contributed by atoms with Crippen LogP contribution < -0.4 is 5.32 Å². The summed E-state index contributed by atoms with van der Waals surface area (Å²) in [6.07, 6.45) is 3.86. The van der Waals surface area contributed by atoms with E-state index < -0.39 is 5.82 Å². The number of anilines is 1. The Hall–Kier alpha value is -3.97. The fraction of sp³-hybridized carbons (Fsp3) is 0.207. The van der Waals surface area contributed by atoms with Crippen LogP contribution in [0.3, 0.4) is 0 Å². The first-order valence-corrected chi connectivity index (χ1v) is 12.5. The van der Waals surface area contributed by atoms with Gasteiger partial charge in [0.2, 0.25) is 11.9 Å². The SMILES string of the molecule is Cc1ccccc1C(=O)N(CC(=O)Nc1nc(-c2ccccc2)cn1-c1ccc(F)c(Cl)c1)CC1CC1. The molecule has 188 valence electrons. The van der Waals surface area contributed by atoms with Crippen LogP contribution in [0.15, 0.2) is 79.0 Å². The molecule has 4 aromatic rings. The Morgan fingerprint density at radius 1 is 1.08 bits per heavy atom. The second-order valence-corrected chi connectivity index (χ2v) is 9.68. The molecule has 0 radical (unpaired) electrons. The van der Waals surface area contributed by atoms with Gasteiger partial charge in [-0.15, -0.1) is 0 Å². The van der Waals surface area contributed by atoms with Gasteiger partial charge in [0.25, 0.3) is 5.91 Å². The van der Waals surface area contributed by atoms with Gasteiger partial charge in [0.15, 0.2) is 0 Å². The molecule has 3 aromatic carbocycles. The lowest BCUT2D eigenvalue weighted by molar-refractivity contribution is -0.117. The zero-order valence-corrected chi connectivity index (χ0v) is 21.1. The van der Waals surface area contributed by atoms with Gasteiger partial charge in [0, 0.05) is 23.9 Å². The van der Waals surface area contributed by atoms with Gasteiger partial charge >= 0.3 is 0 Å². The van der Waals surface area contributed by atoms with E-state index in [4.69, 9.17) is 11.6 Å². The van der Waals surface area contributed by atoms with Crippen LogP contribution in [-0.4, -0.2) is 39.4 Å². The summed E-state index contributed by atoms with van der Waals surface area (Å²) in [6, 6.07) is 21.2. The van der Waals surface area contributed by atoms with E-state index in [1.165, 1.54) is 12.1 Å². The Morgan fingerprint density at radius 2 is 1.81 bits per heavy atom. The number of hydrogen-bond acceptors (Lipinski definition) is 3. The maximum Gasteiger partial charge on any atom is 0.254 e. The van der Waals surface area contributed by atoms with Gasteiger partial charge in [-0.1, -0.05) is 60.1 Å². The van der Waals surface area contributed by atoms with Crippen molar-refractivity contribution in [3.8, 4) is 16.9 Å². The number of benzene rings is 3. The van der Waals surface area contributed by atoms with Crippen molar-refractivity contribution in [2.45, 2.75) is 19.8 Å². The second-order valence-electron chi connectivity index (χ2n) is 9.28. The Labute approximate surface area is 219 Å². The molecule has 2 amide bonds. The molecule has 1 heterocycles. The molecule has 1 fully saturated rings. The maximum absolute atomic E-state index is 13.8. The number of aromatic nitrogens is 2. The van der Waals surface area contributed by atoms with E-state index >= 15 is 0 Å². The zero-order valence-electron chi connectivity index (χ0n) is 20.3. The highest BCUT2D eigenvalue weighted by Gasteiger charge is 2.29. The summed E-state index contributed by atoms with van der Waals surface area (Å²) < 4.78 is 15.5. The van der Waals surface area contributed by atoms with E-state index in [0.717, 1.165) is 24.0 Å². The monoisotopic (exact) mass is 516 g/mol. The van der Waals surface area contributed by atoms with Crippen molar-refractivity contribution in [3.05, 3.63) is 101 Å². The quantitative estimate of drug-likeness (QED) is 0.306. The fourth-order valence-corrected chi connectivity index (χ4v) is 4.38. The molecular formula is C29H26ClFN4O2. The van der Waals surface area contributed by atoms with Crippen LogP contribution in [0, 0.1) is 18.7 Å². The lowest BCUT2D eigenvalue weighted by Gasteiger charge is -2.23. The van der Waals surface area contributed by atoms with E-state index in [2.05, 4.69) is 10.3 Å². The fourth-order valence-electron chi connectivity index (χ4n) is 4.20. The molecule has 1 aromatic heterocycles. The van der Waals surface area contributed by atoms with E-state index in [0.29, 0.717) is 29.4 Å². The highest BCUT2D eigenvalue weighted by atomic mass is 35.5. The van der Waals surface area contributed by atoms with Crippen LogP contribution in [0.2, 0.25) is 5.02 Å². The van der Waals surface area contributed by atoms with Crippen LogP contribution >= 0.6 is 11.6 Å². The summed E-state index contributed by atoms with van der Waals surface area (Å²) in [4.78, 5) is 32.8. The Morgan fingerprint density at radius 3 is 2.51 bits per heavy atom. The largest absolute Gasteiger partial charge is 0.329 e. The summed E-state index contributed by atoms with van der Waals surface area (Å²) in [7, 11) is 0. The normalized spacial score (nSPS) is 12.8. The third-order valence-electron chi connectivity index (χ3n) is 6.38. The number of carbonyl (C=O) groups is 2. The predicted molar refractivity (Wildman–Crippen MR) is 142 cm³/mol. The smallest absolute Gasteiger partial charge is 0.254 e. The number of hydrogen-bond donors (Lipinski definition) is 1. The third-order valence-corrected chi connectivity index (χ3v) is 6.67. The van der Waals surface area contributed by atoms with E-state index in [-0.39, 0.29) is 29.3 Å². The summed E-state index contributed by atoms with van der Waals surface area (Å²) in [5.74, 6) is -0.416. The van der Waals surface area contributed by atoms with Crippen molar-refractivity contribution in [1.29, 1.82) is 0 Å². The van der Waals surface area contributed by atoms with Crippen molar-refractivity contribution in [1.82, 2.24) is 14.5 Å². The van der Waals surface area contributed by atoms with Crippen LogP contribution in [0.25, 0.3) is 16.9 Å². The average Bonchev–Trinajstić information content (AvgIpc) is 3.62. The Balaban J connectivity index is 1.43. The molecule has 0 bridgehead atoms. The number of amides is 2.